The Morgan fingerprint density at radius 3 is 2.38 bits per heavy atom. The Labute approximate surface area is 139 Å². The van der Waals surface area contributed by atoms with Gasteiger partial charge in [0.1, 0.15) is 5.75 Å². The molecule has 1 aromatic carbocycles. The van der Waals surface area contributed by atoms with Gasteiger partial charge in [0.05, 0.1) is 6.54 Å². The first-order chi connectivity index (χ1) is 11.3. The molecule has 1 unspecified atom stereocenters. The highest BCUT2D eigenvalue weighted by atomic mass is 19.4. The van der Waals surface area contributed by atoms with E-state index in [0.29, 0.717) is 30.2 Å². The Morgan fingerprint density at radius 2 is 1.88 bits per heavy atom. The summed E-state index contributed by atoms with van der Waals surface area (Å²) < 4.78 is 40.2. The third-order valence-corrected chi connectivity index (χ3v) is 4.54. The number of carbonyl (C=O) groups is 1. The van der Waals surface area contributed by atoms with Crippen molar-refractivity contribution in [3.63, 3.8) is 0 Å². The lowest BCUT2D eigenvalue weighted by Crippen LogP contribution is -2.42. The van der Waals surface area contributed by atoms with Crippen molar-refractivity contribution in [1.29, 1.82) is 0 Å². The zero-order valence-electron chi connectivity index (χ0n) is 13.5. The molecule has 2 aliphatic rings. The van der Waals surface area contributed by atoms with Crippen molar-refractivity contribution >= 4 is 11.6 Å². The van der Waals surface area contributed by atoms with Gasteiger partial charge in [-0.3, -0.25) is 9.69 Å². The average molecular weight is 342 g/mol. The molecule has 2 saturated carbocycles. The van der Waals surface area contributed by atoms with Crippen molar-refractivity contribution in [2.24, 2.45) is 5.92 Å². The first-order valence-corrected chi connectivity index (χ1v) is 8.23. The summed E-state index contributed by atoms with van der Waals surface area (Å²) in [7, 11) is 0. The van der Waals surface area contributed by atoms with Crippen molar-refractivity contribution in [1.82, 2.24) is 4.90 Å². The second-order valence-electron chi connectivity index (χ2n) is 6.60. The molecule has 4 nitrogen and oxygen atoms in total. The Hall–Kier alpha value is -1.76. The lowest BCUT2D eigenvalue weighted by atomic mass is 10.1. The Balaban J connectivity index is 1.54. The summed E-state index contributed by atoms with van der Waals surface area (Å²) in [5.41, 5.74) is 0.462. The van der Waals surface area contributed by atoms with Crippen molar-refractivity contribution in [3.8, 4) is 5.75 Å². The molecule has 1 amide bonds. The highest BCUT2D eigenvalue weighted by molar-refractivity contribution is 5.92. The summed E-state index contributed by atoms with van der Waals surface area (Å²) in [4.78, 5) is 14.5. The molecule has 0 spiro atoms. The van der Waals surface area contributed by atoms with Crippen LogP contribution in [0.3, 0.4) is 0 Å². The van der Waals surface area contributed by atoms with E-state index < -0.39 is 6.36 Å². The summed E-state index contributed by atoms with van der Waals surface area (Å²) in [5, 5.41) is 2.74. The molecule has 0 aromatic heterocycles. The fourth-order valence-corrected chi connectivity index (χ4v) is 2.97. The van der Waals surface area contributed by atoms with Crippen molar-refractivity contribution in [3.05, 3.63) is 24.3 Å². The molecule has 1 aromatic rings. The van der Waals surface area contributed by atoms with E-state index in [4.69, 9.17) is 0 Å². The maximum atomic E-state index is 12.3. The second kappa shape index (κ2) is 6.63. The summed E-state index contributed by atoms with van der Waals surface area (Å²) in [6.45, 7) is 2.50. The molecule has 2 fully saturated rings. The van der Waals surface area contributed by atoms with E-state index in [1.54, 1.807) is 0 Å². The lowest BCUT2D eigenvalue weighted by molar-refractivity contribution is -0.274. The van der Waals surface area contributed by atoms with Gasteiger partial charge in [0, 0.05) is 17.8 Å². The zero-order chi connectivity index (χ0) is 17.3. The molecule has 2 aliphatic carbocycles. The number of nitrogens with one attached hydrogen (secondary N) is 1. The Morgan fingerprint density at radius 1 is 1.25 bits per heavy atom. The van der Waals surface area contributed by atoms with Crippen LogP contribution in [0.4, 0.5) is 18.9 Å². The van der Waals surface area contributed by atoms with Crippen LogP contribution < -0.4 is 10.1 Å². The zero-order valence-corrected chi connectivity index (χ0v) is 13.5. The van der Waals surface area contributed by atoms with E-state index in [2.05, 4.69) is 21.9 Å². The fourth-order valence-electron chi connectivity index (χ4n) is 2.97. The number of amides is 1. The minimum Gasteiger partial charge on any atom is -0.406 e. The molecule has 7 heteroatoms. The average Bonchev–Trinajstić information content (AvgIpc) is 3.37. The number of hydrogen-bond acceptors (Lipinski definition) is 3. The smallest absolute Gasteiger partial charge is 0.406 e. The number of benzene rings is 1. The Bertz CT molecular complexity index is 580. The van der Waals surface area contributed by atoms with Crippen LogP contribution in [0.25, 0.3) is 0 Å². The molecule has 24 heavy (non-hydrogen) atoms. The van der Waals surface area contributed by atoms with Gasteiger partial charge in [-0.25, -0.2) is 0 Å². The van der Waals surface area contributed by atoms with Gasteiger partial charge in [-0.05, 0) is 62.8 Å². The molecular formula is C17H21F3N2O2. The summed E-state index contributed by atoms with van der Waals surface area (Å²) in [6, 6.07) is 6.10. The highest BCUT2D eigenvalue weighted by Crippen LogP contribution is 2.39. The predicted molar refractivity (Wildman–Crippen MR) is 83.7 cm³/mol. The quantitative estimate of drug-likeness (QED) is 0.820. The number of alkyl halides is 3. The van der Waals surface area contributed by atoms with Crippen LogP contribution in [-0.2, 0) is 4.79 Å². The van der Waals surface area contributed by atoms with Gasteiger partial charge in [-0.1, -0.05) is 0 Å². The maximum absolute atomic E-state index is 12.3. The van der Waals surface area contributed by atoms with Crippen molar-refractivity contribution < 1.29 is 22.7 Å². The number of carbonyl (C=O) groups excluding carboxylic acids is 1. The van der Waals surface area contributed by atoms with E-state index in [-0.39, 0.29) is 11.7 Å². The topological polar surface area (TPSA) is 41.6 Å². The maximum Gasteiger partial charge on any atom is 0.573 e. The fraction of sp³-hybridized carbons (Fsp3) is 0.588. The van der Waals surface area contributed by atoms with Crippen LogP contribution in [0.2, 0.25) is 0 Å². The first kappa shape index (κ1) is 17.1. The molecule has 3 rings (SSSR count). The third kappa shape index (κ3) is 4.87. The van der Waals surface area contributed by atoms with Crippen LogP contribution in [0, 0.1) is 5.92 Å². The molecule has 0 bridgehead atoms. The number of hydrogen-bond donors (Lipinski definition) is 1. The standard InChI is InChI=1S/C17H21F3N2O2/c1-11(12-2-3-12)22(14-6-7-14)10-16(23)21-13-4-8-15(9-5-13)24-17(18,19)20/h4-5,8-9,11-12,14H,2-3,6-7,10H2,1H3,(H,21,23). The van der Waals surface area contributed by atoms with Gasteiger partial charge in [-0.2, -0.15) is 0 Å². The minimum absolute atomic E-state index is 0.140. The molecular weight excluding hydrogens is 321 g/mol. The molecule has 0 saturated heterocycles. The van der Waals surface area contributed by atoms with Gasteiger partial charge in [0.2, 0.25) is 5.91 Å². The van der Waals surface area contributed by atoms with Gasteiger partial charge in [0.25, 0.3) is 0 Å². The van der Waals surface area contributed by atoms with E-state index in [9.17, 15) is 18.0 Å². The van der Waals surface area contributed by atoms with Crippen molar-refractivity contribution in [2.45, 2.75) is 51.1 Å². The van der Waals surface area contributed by atoms with Crippen LogP contribution >= 0.6 is 0 Å². The van der Waals surface area contributed by atoms with Gasteiger partial charge in [-0.15, -0.1) is 13.2 Å². The summed E-state index contributed by atoms with van der Waals surface area (Å²) in [5.74, 6) is 0.249. The summed E-state index contributed by atoms with van der Waals surface area (Å²) in [6.07, 6.45) is 0.00939. The number of rotatable bonds is 7. The van der Waals surface area contributed by atoms with Gasteiger partial charge in [0.15, 0.2) is 0 Å². The van der Waals surface area contributed by atoms with E-state index in [1.165, 1.54) is 37.1 Å². The van der Waals surface area contributed by atoms with Crippen LogP contribution in [0.15, 0.2) is 24.3 Å². The van der Waals surface area contributed by atoms with Crippen LogP contribution in [-0.4, -0.2) is 35.8 Å². The molecule has 1 N–H and O–H groups in total. The molecule has 1 atom stereocenters. The van der Waals surface area contributed by atoms with Gasteiger partial charge < -0.3 is 10.1 Å². The summed E-state index contributed by atoms with van der Waals surface area (Å²) >= 11 is 0. The number of anilines is 1. The minimum atomic E-state index is -4.71. The van der Waals surface area contributed by atoms with Gasteiger partial charge >= 0.3 is 6.36 Å². The number of nitrogens with zero attached hydrogens (tertiary/aromatic N) is 1. The van der Waals surface area contributed by atoms with Crippen LogP contribution in [0.5, 0.6) is 5.75 Å². The third-order valence-electron chi connectivity index (χ3n) is 4.54. The largest absolute Gasteiger partial charge is 0.573 e. The number of halogens is 3. The van der Waals surface area contributed by atoms with E-state index >= 15 is 0 Å². The Kier molecular flexibility index (Phi) is 4.71. The molecule has 0 radical (unpaired) electrons. The molecule has 0 aliphatic heterocycles. The SMILES string of the molecule is CC(C1CC1)N(CC(=O)Nc1ccc(OC(F)(F)F)cc1)C1CC1. The van der Waals surface area contributed by atoms with E-state index in [1.807, 2.05) is 0 Å². The molecule has 0 heterocycles. The van der Waals surface area contributed by atoms with Crippen molar-refractivity contribution in [2.75, 3.05) is 11.9 Å². The predicted octanol–water partition coefficient (Wildman–Crippen LogP) is 3.79. The monoisotopic (exact) mass is 342 g/mol. The normalized spacial score (nSPS) is 19.2. The first-order valence-electron chi connectivity index (χ1n) is 8.23. The number of ether oxygens (including phenoxy) is 1. The lowest BCUT2D eigenvalue weighted by Gasteiger charge is -2.28. The second-order valence-corrected chi connectivity index (χ2v) is 6.60. The molecule has 132 valence electrons. The van der Waals surface area contributed by atoms with E-state index in [0.717, 1.165) is 12.8 Å². The van der Waals surface area contributed by atoms with Crippen LogP contribution in [0.1, 0.15) is 32.6 Å². The highest BCUT2D eigenvalue weighted by Gasteiger charge is 2.39.